The Labute approximate surface area is 172 Å². The molecule has 3 aromatic rings. The minimum Gasteiger partial charge on any atom is -0.478 e. The normalized spacial score (nSPS) is 10.9. The minimum absolute atomic E-state index is 0.0926. The number of aromatic carboxylic acids is 2. The summed E-state index contributed by atoms with van der Waals surface area (Å²) in [6.45, 7) is 3.72. The molecule has 0 aliphatic carbocycles. The Morgan fingerprint density at radius 2 is 1.57 bits per heavy atom. The van der Waals surface area contributed by atoms with Crippen molar-refractivity contribution in [1.82, 2.24) is 9.88 Å². The van der Waals surface area contributed by atoms with Gasteiger partial charge in [0, 0.05) is 23.2 Å². The second kappa shape index (κ2) is 8.48. The largest absolute Gasteiger partial charge is 0.478 e. The van der Waals surface area contributed by atoms with Crippen molar-refractivity contribution in [2.75, 3.05) is 0 Å². The number of amides is 1. The van der Waals surface area contributed by atoms with Crippen LogP contribution in [0, 0.1) is 13.8 Å². The van der Waals surface area contributed by atoms with Crippen LogP contribution < -0.4 is 5.32 Å². The topological polar surface area (TPSA) is 109 Å². The summed E-state index contributed by atoms with van der Waals surface area (Å²) < 4.78 is 1.79. The van der Waals surface area contributed by atoms with Gasteiger partial charge in [-0.3, -0.25) is 4.79 Å². The Morgan fingerprint density at radius 1 is 0.867 bits per heavy atom. The minimum atomic E-state index is -1.08. The predicted octanol–water partition coefficient (Wildman–Crippen LogP) is 3.89. The van der Waals surface area contributed by atoms with Crippen LogP contribution in [0.2, 0.25) is 0 Å². The molecule has 0 radical (unpaired) electrons. The number of carboxylic acids is 2. The molecule has 0 fully saturated rings. The second-order valence-electron chi connectivity index (χ2n) is 6.73. The van der Waals surface area contributed by atoms with Crippen molar-refractivity contribution in [3.05, 3.63) is 94.4 Å². The number of aryl methyl sites for hydroxylation is 2. The molecule has 0 aliphatic heterocycles. The van der Waals surface area contributed by atoms with Gasteiger partial charge in [-0.25, -0.2) is 9.59 Å². The third-order valence-corrected chi connectivity index (χ3v) is 4.63. The van der Waals surface area contributed by atoms with E-state index in [0.29, 0.717) is 16.8 Å². The Hall–Kier alpha value is -4.13. The molecule has 0 spiro atoms. The smallest absolute Gasteiger partial charge is 0.337 e. The van der Waals surface area contributed by atoms with Gasteiger partial charge in [0.15, 0.2) is 0 Å². The number of carboxylic acid groups (broad SMARTS) is 2. The first-order chi connectivity index (χ1) is 14.3. The van der Waals surface area contributed by atoms with Crippen LogP contribution in [0.3, 0.4) is 0 Å². The number of hydrogen-bond acceptors (Lipinski definition) is 3. The van der Waals surface area contributed by atoms with Gasteiger partial charge in [-0.15, -0.1) is 0 Å². The highest BCUT2D eigenvalue weighted by atomic mass is 16.4. The lowest BCUT2D eigenvalue weighted by Gasteiger charge is -2.14. The summed E-state index contributed by atoms with van der Waals surface area (Å²) in [6.07, 6.45) is 3.00. The quantitative estimate of drug-likeness (QED) is 0.578. The van der Waals surface area contributed by atoms with Gasteiger partial charge in [0.25, 0.3) is 5.91 Å². The standard InChI is InChI=1S/C23H20N2O5/c1-14-6-7-15(2)25(14)20-13-17(8-9-19(20)23(29)30)21(26)24-11-10-16-4-3-5-18(12-16)22(27)28/h3-13H,1-2H3,(H,24,26)(H,27,28)(H,29,30). The van der Waals surface area contributed by atoms with Gasteiger partial charge in [0.05, 0.1) is 16.8 Å². The zero-order chi connectivity index (χ0) is 21.8. The first-order valence-corrected chi connectivity index (χ1v) is 9.11. The first-order valence-electron chi connectivity index (χ1n) is 9.11. The van der Waals surface area contributed by atoms with Gasteiger partial charge < -0.3 is 20.1 Å². The van der Waals surface area contributed by atoms with Gasteiger partial charge in [-0.05, 0) is 68.0 Å². The van der Waals surface area contributed by atoms with Crippen LogP contribution in [0.1, 0.15) is 48.0 Å². The molecule has 0 aliphatic rings. The van der Waals surface area contributed by atoms with Crippen molar-refractivity contribution in [3.8, 4) is 5.69 Å². The van der Waals surface area contributed by atoms with Crippen molar-refractivity contribution in [2.24, 2.45) is 0 Å². The molecule has 1 amide bonds. The average molecular weight is 404 g/mol. The van der Waals surface area contributed by atoms with Crippen LogP contribution in [0.5, 0.6) is 0 Å². The summed E-state index contributed by atoms with van der Waals surface area (Å²) in [5, 5.41) is 21.2. The van der Waals surface area contributed by atoms with Crippen molar-refractivity contribution in [2.45, 2.75) is 13.8 Å². The molecule has 3 N–H and O–H groups in total. The van der Waals surface area contributed by atoms with Crippen molar-refractivity contribution < 1.29 is 24.6 Å². The maximum atomic E-state index is 12.6. The molecule has 0 atom stereocenters. The molecular weight excluding hydrogens is 384 g/mol. The van der Waals surface area contributed by atoms with Crippen LogP contribution in [-0.4, -0.2) is 32.6 Å². The molecule has 152 valence electrons. The number of benzene rings is 2. The number of nitrogens with zero attached hydrogens (tertiary/aromatic N) is 1. The average Bonchev–Trinajstić information content (AvgIpc) is 3.05. The lowest BCUT2D eigenvalue weighted by atomic mass is 10.1. The fourth-order valence-corrected chi connectivity index (χ4v) is 3.16. The van der Waals surface area contributed by atoms with Crippen LogP contribution in [0.25, 0.3) is 11.8 Å². The van der Waals surface area contributed by atoms with E-state index in [0.717, 1.165) is 11.4 Å². The third kappa shape index (κ3) is 4.30. The highest BCUT2D eigenvalue weighted by Gasteiger charge is 2.17. The first kappa shape index (κ1) is 20.6. The van der Waals surface area contributed by atoms with E-state index in [4.69, 9.17) is 5.11 Å². The number of rotatable bonds is 6. The molecular formula is C23H20N2O5. The van der Waals surface area contributed by atoms with Gasteiger partial charge >= 0.3 is 11.9 Å². The van der Waals surface area contributed by atoms with E-state index in [-0.39, 0.29) is 11.1 Å². The van der Waals surface area contributed by atoms with Gasteiger partial charge in [0.1, 0.15) is 0 Å². The monoisotopic (exact) mass is 404 g/mol. The predicted molar refractivity (Wildman–Crippen MR) is 112 cm³/mol. The van der Waals surface area contributed by atoms with Gasteiger partial charge in [-0.1, -0.05) is 12.1 Å². The Kier molecular flexibility index (Phi) is 5.83. The zero-order valence-corrected chi connectivity index (χ0v) is 16.4. The number of nitrogens with one attached hydrogen (secondary N) is 1. The van der Waals surface area contributed by atoms with E-state index in [1.54, 1.807) is 22.8 Å². The molecule has 30 heavy (non-hydrogen) atoms. The van der Waals surface area contributed by atoms with E-state index >= 15 is 0 Å². The molecule has 3 rings (SSSR count). The number of carbonyl (C=O) groups excluding carboxylic acids is 1. The summed E-state index contributed by atoms with van der Waals surface area (Å²) in [4.78, 5) is 35.3. The Morgan fingerprint density at radius 3 is 2.20 bits per heavy atom. The maximum Gasteiger partial charge on any atom is 0.337 e. The summed E-state index contributed by atoms with van der Waals surface area (Å²) in [5.74, 6) is -2.53. The molecule has 0 bridgehead atoms. The Balaban J connectivity index is 1.86. The van der Waals surface area contributed by atoms with Gasteiger partial charge in [0.2, 0.25) is 0 Å². The van der Waals surface area contributed by atoms with Crippen LogP contribution in [-0.2, 0) is 0 Å². The van der Waals surface area contributed by atoms with E-state index < -0.39 is 17.8 Å². The van der Waals surface area contributed by atoms with Crippen molar-refractivity contribution in [1.29, 1.82) is 0 Å². The number of hydrogen-bond donors (Lipinski definition) is 3. The fraction of sp³-hybridized carbons (Fsp3) is 0.0870. The molecule has 7 nitrogen and oxygen atoms in total. The van der Waals surface area contributed by atoms with E-state index in [1.807, 2.05) is 26.0 Å². The fourth-order valence-electron chi connectivity index (χ4n) is 3.16. The maximum absolute atomic E-state index is 12.6. The van der Waals surface area contributed by atoms with E-state index in [9.17, 15) is 19.5 Å². The zero-order valence-electron chi connectivity index (χ0n) is 16.4. The molecule has 1 aromatic heterocycles. The third-order valence-electron chi connectivity index (χ3n) is 4.63. The van der Waals surface area contributed by atoms with E-state index in [2.05, 4.69) is 5.32 Å². The Bertz CT molecular complexity index is 1150. The lowest BCUT2D eigenvalue weighted by molar-refractivity contribution is 0.0686. The number of carbonyl (C=O) groups is 3. The van der Waals surface area contributed by atoms with Crippen LogP contribution in [0.4, 0.5) is 0 Å². The molecule has 0 saturated carbocycles. The molecule has 7 heteroatoms. The summed E-state index contributed by atoms with van der Waals surface area (Å²) in [5.41, 5.74) is 3.27. The second-order valence-corrected chi connectivity index (χ2v) is 6.73. The summed E-state index contributed by atoms with van der Waals surface area (Å²) in [6, 6.07) is 14.5. The lowest BCUT2D eigenvalue weighted by Crippen LogP contribution is -2.18. The molecule has 1 heterocycles. The highest BCUT2D eigenvalue weighted by Crippen LogP contribution is 2.22. The molecule has 0 unspecified atom stereocenters. The summed E-state index contributed by atoms with van der Waals surface area (Å²) >= 11 is 0. The molecule has 0 saturated heterocycles. The van der Waals surface area contributed by atoms with Crippen LogP contribution >= 0.6 is 0 Å². The van der Waals surface area contributed by atoms with Crippen LogP contribution in [0.15, 0.2) is 60.8 Å². The summed E-state index contributed by atoms with van der Waals surface area (Å²) in [7, 11) is 0. The highest BCUT2D eigenvalue weighted by molar-refractivity contribution is 5.99. The molecule has 2 aromatic carbocycles. The van der Waals surface area contributed by atoms with E-state index in [1.165, 1.54) is 36.5 Å². The van der Waals surface area contributed by atoms with Crippen molar-refractivity contribution in [3.63, 3.8) is 0 Å². The SMILES string of the molecule is Cc1ccc(C)n1-c1cc(C(=O)NC=Cc2cccc(C(=O)O)c2)ccc1C(=O)O. The number of aromatic nitrogens is 1. The van der Waals surface area contributed by atoms with Crippen molar-refractivity contribution >= 4 is 23.9 Å². The van der Waals surface area contributed by atoms with Gasteiger partial charge in [-0.2, -0.15) is 0 Å².